The monoisotopic (exact) mass is 377 g/mol. The van der Waals surface area contributed by atoms with Gasteiger partial charge in [0.1, 0.15) is 6.33 Å². The van der Waals surface area contributed by atoms with E-state index in [1.165, 1.54) is 4.57 Å². The maximum atomic E-state index is 12.4. The first-order valence-electron chi connectivity index (χ1n) is 8.26. The van der Waals surface area contributed by atoms with Gasteiger partial charge in [0.15, 0.2) is 9.84 Å². The Balaban J connectivity index is 1.89. The van der Waals surface area contributed by atoms with E-state index in [0.717, 1.165) is 11.9 Å². The smallest absolute Gasteiger partial charge is 0.280 e. The molecular weight excluding hydrogens is 354 g/mol. The fraction of sp³-hybridized carbons (Fsp3) is 0.389. The number of H-pyrrole nitrogens is 1. The van der Waals surface area contributed by atoms with E-state index in [9.17, 15) is 18.0 Å². The van der Waals surface area contributed by atoms with Crippen molar-refractivity contribution in [3.05, 3.63) is 75.3 Å². The molecule has 0 saturated heterocycles. The van der Waals surface area contributed by atoms with Crippen molar-refractivity contribution in [2.24, 2.45) is 0 Å². The van der Waals surface area contributed by atoms with Crippen LogP contribution < -0.4 is 11.4 Å². The summed E-state index contributed by atoms with van der Waals surface area (Å²) >= 11 is 0. The third-order valence-electron chi connectivity index (χ3n) is 3.99. The molecular formula is C18H23N3O4S. The molecule has 0 spiro atoms. The van der Waals surface area contributed by atoms with Gasteiger partial charge in [-0.15, -0.1) is 0 Å². The van der Waals surface area contributed by atoms with Crippen molar-refractivity contribution < 1.29 is 8.42 Å². The van der Waals surface area contributed by atoms with Crippen molar-refractivity contribution in [3.63, 3.8) is 0 Å². The van der Waals surface area contributed by atoms with Gasteiger partial charge in [-0.25, -0.2) is 18.0 Å². The second-order valence-corrected chi connectivity index (χ2v) is 8.92. The van der Waals surface area contributed by atoms with Crippen molar-refractivity contribution in [1.29, 1.82) is 0 Å². The topological polar surface area (TPSA) is 102 Å². The molecule has 0 unspecified atom stereocenters. The van der Waals surface area contributed by atoms with Crippen LogP contribution in [0.5, 0.6) is 0 Å². The molecule has 0 aliphatic rings. The molecule has 1 heterocycles. The quantitative estimate of drug-likeness (QED) is 0.698. The Morgan fingerprint density at radius 2 is 1.85 bits per heavy atom. The number of hydrogen-bond acceptors (Lipinski definition) is 5. The van der Waals surface area contributed by atoms with Crippen LogP contribution in [0.15, 0.2) is 58.4 Å². The zero-order chi connectivity index (χ0) is 19.2. The van der Waals surface area contributed by atoms with E-state index < -0.39 is 26.6 Å². The average Bonchev–Trinajstić information content (AvgIpc) is 2.56. The Bertz CT molecular complexity index is 973. The second-order valence-electron chi connectivity index (χ2n) is 6.73. The highest BCUT2D eigenvalue weighted by atomic mass is 32.2. The molecule has 0 aliphatic heterocycles. The minimum Gasteiger partial charge on any atom is -0.280 e. The molecule has 7 nitrogen and oxygen atoms in total. The van der Waals surface area contributed by atoms with Crippen molar-refractivity contribution in [1.82, 2.24) is 14.5 Å². The van der Waals surface area contributed by atoms with E-state index in [1.54, 1.807) is 12.2 Å². The van der Waals surface area contributed by atoms with Crippen LogP contribution in [0.25, 0.3) is 0 Å². The third kappa shape index (κ3) is 5.80. The lowest BCUT2D eigenvalue weighted by molar-refractivity contribution is 0.548. The number of hydrogen-bond donors (Lipinski definition) is 1. The van der Waals surface area contributed by atoms with Crippen LogP contribution in [-0.4, -0.2) is 34.5 Å². The SMILES string of the molecule is CC(C)(CS(=O)(=O)CC/C=C/Cn1cnc(=O)[nH]c1=O)c1ccccc1. The lowest BCUT2D eigenvalue weighted by atomic mass is 9.87. The molecule has 0 bridgehead atoms. The molecule has 8 heteroatoms. The highest BCUT2D eigenvalue weighted by Gasteiger charge is 2.27. The summed E-state index contributed by atoms with van der Waals surface area (Å²) in [6, 6.07) is 9.58. The van der Waals surface area contributed by atoms with E-state index in [4.69, 9.17) is 0 Å². The zero-order valence-corrected chi connectivity index (χ0v) is 15.7. The fourth-order valence-corrected chi connectivity index (χ4v) is 4.55. The summed E-state index contributed by atoms with van der Waals surface area (Å²) in [7, 11) is -3.23. The molecule has 1 N–H and O–H groups in total. The molecule has 1 aromatic carbocycles. The second kappa shape index (κ2) is 8.27. The summed E-state index contributed by atoms with van der Waals surface area (Å²) in [6.45, 7) is 4.06. The van der Waals surface area contributed by atoms with Crippen molar-refractivity contribution in [2.75, 3.05) is 11.5 Å². The van der Waals surface area contributed by atoms with Crippen molar-refractivity contribution >= 4 is 9.84 Å². The van der Waals surface area contributed by atoms with Crippen molar-refractivity contribution in [3.8, 4) is 0 Å². The lowest BCUT2D eigenvalue weighted by Crippen LogP contribution is -2.30. The summed E-state index contributed by atoms with van der Waals surface area (Å²) < 4.78 is 26.0. The maximum absolute atomic E-state index is 12.4. The van der Waals surface area contributed by atoms with Gasteiger partial charge in [0, 0.05) is 12.0 Å². The highest BCUT2D eigenvalue weighted by Crippen LogP contribution is 2.25. The molecule has 0 saturated carbocycles. The molecule has 26 heavy (non-hydrogen) atoms. The van der Waals surface area contributed by atoms with Crippen LogP contribution >= 0.6 is 0 Å². The number of aromatic amines is 1. The predicted molar refractivity (Wildman–Crippen MR) is 101 cm³/mol. The molecule has 2 aromatic rings. The zero-order valence-electron chi connectivity index (χ0n) is 14.9. The van der Waals surface area contributed by atoms with Crippen LogP contribution in [-0.2, 0) is 21.8 Å². The molecule has 1 aromatic heterocycles. The number of aromatic nitrogens is 3. The minimum absolute atomic E-state index is 0.0402. The maximum Gasteiger partial charge on any atom is 0.350 e. The van der Waals surface area contributed by atoms with Gasteiger partial charge in [0.2, 0.25) is 0 Å². The van der Waals surface area contributed by atoms with Gasteiger partial charge in [-0.05, 0) is 12.0 Å². The molecule has 0 fully saturated rings. The molecule has 0 aliphatic carbocycles. The van der Waals surface area contributed by atoms with Crippen LogP contribution in [0.1, 0.15) is 25.8 Å². The summed E-state index contributed by atoms with van der Waals surface area (Å²) in [4.78, 5) is 27.9. The number of sulfone groups is 1. The first-order chi connectivity index (χ1) is 12.2. The molecule has 0 radical (unpaired) electrons. The van der Waals surface area contributed by atoms with E-state index in [0.29, 0.717) is 6.42 Å². The summed E-state index contributed by atoms with van der Waals surface area (Å²) in [5, 5.41) is 0. The van der Waals surface area contributed by atoms with Crippen LogP contribution in [0.4, 0.5) is 0 Å². The lowest BCUT2D eigenvalue weighted by Gasteiger charge is -2.24. The summed E-state index contributed by atoms with van der Waals surface area (Å²) in [5.41, 5.74) is -0.711. The van der Waals surface area contributed by atoms with Gasteiger partial charge in [0.25, 0.3) is 0 Å². The number of rotatable bonds is 8. The Hall–Kier alpha value is -2.48. The predicted octanol–water partition coefficient (Wildman–Crippen LogP) is 1.27. The van der Waals surface area contributed by atoms with Crippen LogP contribution in [0.3, 0.4) is 0 Å². The Kier molecular flexibility index (Phi) is 6.31. The van der Waals surface area contributed by atoms with Gasteiger partial charge in [0.05, 0.1) is 11.5 Å². The standard InChI is InChI=1S/C18H23N3O4S/c1-18(2,15-9-5-3-6-10-15)13-26(24,25)12-8-4-7-11-21-14-19-16(22)20-17(21)23/h3-7,9-10,14H,8,11-13H2,1-2H3,(H,20,22,23)/b7-4+. The van der Waals surface area contributed by atoms with Gasteiger partial charge < -0.3 is 0 Å². The number of benzene rings is 1. The largest absolute Gasteiger partial charge is 0.350 e. The molecule has 0 amide bonds. The van der Waals surface area contributed by atoms with Crippen LogP contribution in [0, 0.1) is 0 Å². The van der Waals surface area contributed by atoms with E-state index in [2.05, 4.69) is 9.97 Å². The first-order valence-corrected chi connectivity index (χ1v) is 10.1. The average molecular weight is 377 g/mol. The summed E-state index contributed by atoms with van der Waals surface area (Å²) in [6.07, 6.45) is 4.91. The van der Waals surface area contributed by atoms with Crippen molar-refractivity contribution in [2.45, 2.75) is 32.2 Å². The van der Waals surface area contributed by atoms with Gasteiger partial charge in [-0.2, -0.15) is 4.98 Å². The normalized spacial score (nSPS) is 12.5. The van der Waals surface area contributed by atoms with E-state index >= 15 is 0 Å². The Labute approximate surface area is 152 Å². The number of nitrogens with one attached hydrogen (secondary N) is 1. The Morgan fingerprint density at radius 3 is 2.50 bits per heavy atom. The number of nitrogens with zero attached hydrogens (tertiary/aromatic N) is 2. The van der Waals surface area contributed by atoms with Gasteiger partial charge in [-0.3, -0.25) is 9.55 Å². The van der Waals surface area contributed by atoms with Gasteiger partial charge >= 0.3 is 11.4 Å². The molecule has 140 valence electrons. The minimum atomic E-state index is -3.23. The van der Waals surface area contributed by atoms with Gasteiger partial charge in [-0.1, -0.05) is 56.3 Å². The highest BCUT2D eigenvalue weighted by molar-refractivity contribution is 7.91. The third-order valence-corrected chi connectivity index (χ3v) is 6.01. The van der Waals surface area contributed by atoms with E-state index in [1.807, 2.05) is 44.2 Å². The molecule has 2 rings (SSSR count). The molecule has 0 atom stereocenters. The first kappa shape index (κ1) is 19.8. The Morgan fingerprint density at radius 1 is 1.15 bits per heavy atom. The van der Waals surface area contributed by atoms with Crippen LogP contribution in [0.2, 0.25) is 0 Å². The summed E-state index contributed by atoms with van der Waals surface area (Å²) in [5.74, 6) is 0.111. The number of allylic oxidation sites excluding steroid dienone is 2. The fourth-order valence-electron chi connectivity index (χ4n) is 2.65. The van der Waals surface area contributed by atoms with E-state index in [-0.39, 0.29) is 18.1 Å².